The molecule has 8 heteroatoms. The lowest BCUT2D eigenvalue weighted by molar-refractivity contribution is -0.210. The predicted molar refractivity (Wildman–Crippen MR) is 78.5 cm³/mol. The van der Waals surface area contributed by atoms with Crippen molar-refractivity contribution < 1.29 is 23.9 Å². The van der Waals surface area contributed by atoms with Gasteiger partial charge >= 0.3 is 0 Å². The monoisotopic (exact) mass is 313 g/mol. The molecule has 0 aliphatic carbocycles. The van der Waals surface area contributed by atoms with Crippen LogP contribution in [0, 0.1) is 0 Å². The fourth-order valence-corrected chi connectivity index (χ4v) is 1.79. The molecule has 1 aliphatic rings. The summed E-state index contributed by atoms with van der Waals surface area (Å²) in [6.07, 6.45) is 2.45. The van der Waals surface area contributed by atoms with Crippen molar-refractivity contribution in [3.05, 3.63) is 12.2 Å². The molecule has 0 aromatic rings. The van der Waals surface area contributed by atoms with Gasteiger partial charge in [0.1, 0.15) is 0 Å². The van der Waals surface area contributed by atoms with E-state index >= 15 is 0 Å². The fraction of sp³-hybridized carbons (Fsp3) is 0.643. The number of hydrogen-bond donors (Lipinski definition) is 2. The number of amides is 3. The minimum Gasteiger partial charge on any atom is -0.354 e. The molecular weight excluding hydrogens is 290 g/mol. The molecular formula is C14H23N3O5. The summed E-state index contributed by atoms with van der Waals surface area (Å²) in [5, 5.41) is 2.65. The molecule has 0 unspecified atom stereocenters. The lowest BCUT2D eigenvalue weighted by Crippen LogP contribution is -2.37. The molecule has 1 aliphatic heterocycles. The van der Waals surface area contributed by atoms with E-state index in [1.54, 1.807) is 13.8 Å². The highest BCUT2D eigenvalue weighted by molar-refractivity contribution is 6.13. The predicted octanol–water partition coefficient (Wildman–Crippen LogP) is -0.854. The Labute approximate surface area is 129 Å². The van der Waals surface area contributed by atoms with Crippen LogP contribution in [0.15, 0.2) is 12.2 Å². The smallest absolute Gasteiger partial charge is 0.253 e. The third-order valence-electron chi connectivity index (χ3n) is 2.90. The highest BCUT2D eigenvalue weighted by Crippen LogP contribution is 2.09. The third-order valence-corrected chi connectivity index (χ3v) is 2.90. The molecule has 1 rings (SSSR count). The van der Waals surface area contributed by atoms with Gasteiger partial charge < -0.3 is 20.5 Å². The minimum absolute atomic E-state index is 0.0617. The normalized spacial score (nSPS) is 14.8. The average Bonchev–Trinajstić information content (AvgIpc) is 2.78. The number of nitrogens with one attached hydrogen (secondary N) is 1. The number of carbonyl (C=O) groups is 3. The Morgan fingerprint density at radius 1 is 1.23 bits per heavy atom. The number of nitrogens with zero attached hydrogens (tertiary/aromatic N) is 1. The first-order valence-corrected chi connectivity index (χ1v) is 7.14. The molecule has 8 nitrogen and oxygen atoms in total. The van der Waals surface area contributed by atoms with Crippen LogP contribution in [0.3, 0.4) is 0 Å². The van der Waals surface area contributed by atoms with Gasteiger partial charge in [0.05, 0.1) is 13.2 Å². The second-order valence-corrected chi connectivity index (χ2v) is 5.15. The molecule has 0 radical (unpaired) electrons. The van der Waals surface area contributed by atoms with Gasteiger partial charge in [-0.05, 0) is 13.8 Å². The molecule has 0 fully saturated rings. The minimum atomic E-state index is -0.760. The highest BCUT2D eigenvalue weighted by Gasteiger charge is 2.23. The molecule has 1 heterocycles. The van der Waals surface area contributed by atoms with Gasteiger partial charge in [0.25, 0.3) is 11.8 Å². The quantitative estimate of drug-likeness (QED) is 0.309. The van der Waals surface area contributed by atoms with Crippen LogP contribution in [0.4, 0.5) is 0 Å². The highest BCUT2D eigenvalue weighted by atomic mass is 16.7. The fourth-order valence-electron chi connectivity index (χ4n) is 1.79. The zero-order chi connectivity index (χ0) is 16.6. The van der Waals surface area contributed by atoms with Crippen LogP contribution in [-0.2, 0) is 23.9 Å². The van der Waals surface area contributed by atoms with Crippen molar-refractivity contribution in [1.29, 1.82) is 0 Å². The van der Waals surface area contributed by atoms with E-state index < -0.39 is 5.79 Å². The summed E-state index contributed by atoms with van der Waals surface area (Å²) in [5.74, 6) is -1.79. The van der Waals surface area contributed by atoms with Gasteiger partial charge in [-0.2, -0.15) is 0 Å². The molecule has 0 aromatic heterocycles. The summed E-state index contributed by atoms with van der Waals surface area (Å²) in [6, 6.07) is 0. The summed E-state index contributed by atoms with van der Waals surface area (Å²) in [7, 11) is 0. The molecule has 0 saturated heterocycles. The van der Waals surface area contributed by atoms with E-state index in [1.807, 2.05) is 0 Å². The molecule has 0 saturated carbocycles. The summed E-state index contributed by atoms with van der Waals surface area (Å²) in [4.78, 5) is 35.2. The number of imide groups is 1. The van der Waals surface area contributed by atoms with Crippen molar-refractivity contribution in [1.82, 2.24) is 10.2 Å². The molecule has 124 valence electrons. The maximum atomic E-state index is 11.6. The van der Waals surface area contributed by atoms with Crippen LogP contribution in [0.2, 0.25) is 0 Å². The molecule has 3 N–H and O–H groups in total. The molecule has 0 spiro atoms. The van der Waals surface area contributed by atoms with E-state index in [9.17, 15) is 14.4 Å². The maximum absolute atomic E-state index is 11.6. The number of carbonyl (C=O) groups excluding carboxylic acids is 3. The molecule has 0 bridgehead atoms. The van der Waals surface area contributed by atoms with E-state index in [-0.39, 0.29) is 37.3 Å². The number of ether oxygens (including phenoxy) is 2. The van der Waals surface area contributed by atoms with Gasteiger partial charge in [0.15, 0.2) is 5.79 Å². The summed E-state index contributed by atoms with van der Waals surface area (Å²) in [6.45, 7) is 5.01. The maximum Gasteiger partial charge on any atom is 0.253 e. The van der Waals surface area contributed by atoms with Gasteiger partial charge in [-0.1, -0.05) is 0 Å². The summed E-state index contributed by atoms with van der Waals surface area (Å²) in [5.41, 5.74) is 5.34. The summed E-state index contributed by atoms with van der Waals surface area (Å²) >= 11 is 0. The third kappa shape index (κ3) is 6.33. The Hall–Kier alpha value is -1.77. The van der Waals surface area contributed by atoms with Crippen molar-refractivity contribution in [3.63, 3.8) is 0 Å². The van der Waals surface area contributed by atoms with E-state index in [4.69, 9.17) is 15.2 Å². The number of nitrogens with two attached hydrogens (primary N) is 1. The second-order valence-electron chi connectivity index (χ2n) is 5.15. The first-order valence-electron chi connectivity index (χ1n) is 7.14. The van der Waals surface area contributed by atoms with Crippen molar-refractivity contribution >= 4 is 17.7 Å². The lowest BCUT2D eigenvalue weighted by atomic mass is 10.3. The SMILES string of the molecule is CC(C)(OCCN)OCCNC(=O)CCN1C(=O)C=CC1=O. The van der Waals surface area contributed by atoms with Crippen molar-refractivity contribution in [2.45, 2.75) is 26.1 Å². The van der Waals surface area contributed by atoms with E-state index in [0.29, 0.717) is 19.7 Å². The first kappa shape index (κ1) is 18.3. The van der Waals surface area contributed by atoms with Gasteiger partial charge in [-0.15, -0.1) is 0 Å². The number of rotatable bonds is 10. The zero-order valence-electron chi connectivity index (χ0n) is 13.0. The van der Waals surface area contributed by atoms with E-state index in [2.05, 4.69) is 5.32 Å². The topological polar surface area (TPSA) is 111 Å². The van der Waals surface area contributed by atoms with Crippen LogP contribution >= 0.6 is 0 Å². The van der Waals surface area contributed by atoms with Crippen LogP contribution < -0.4 is 11.1 Å². The van der Waals surface area contributed by atoms with Gasteiger partial charge in [0, 0.05) is 38.2 Å². The second kappa shape index (κ2) is 8.62. The van der Waals surface area contributed by atoms with Gasteiger partial charge in [-0.25, -0.2) is 0 Å². The van der Waals surface area contributed by atoms with Crippen LogP contribution in [-0.4, -0.2) is 61.3 Å². The van der Waals surface area contributed by atoms with E-state index in [1.165, 1.54) is 12.2 Å². The number of hydrogen-bond acceptors (Lipinski definition) is 6. The Kier molecular flexibility index (Phi) is 7.16. The largest absolute Gasteiger partial charge is 0.354 e. The van der Waals surface area contributed by atoms with Gasteiger partial charge in [-0.3, -0.25) is 19.3 Å². The average molecular weight is 313 g/mol. The van der Waals surface area contributed by atoms with E-state index in [0.717, 1.165) is 4.90 Å². The van der Waals surface area contributed by atoms with Crippen molar-refractivity contribution in [2.24, 2.45) is 5.73 Å². The molecule has 0 atom stereocenters. The Balaban J connectivity index is 2.13. The Bertz CT molecular complexity index is 430. The summed E-state index contributed by atoms with van der Waals surface area (Å²) < 4.78 is 10.8. The van der Waals surface area contributed by atoms with Crippen LogP contribution in [0.5, 0.6) is 0 Å². The molecule has 22 heavy (non-hydrogen) atoms. The Morgan fingerprint density at radius 3 is 2.41 bits per heavy atom. The lowest BCUT2D eigenvalue weighted by Gasteiger charge is -2.25. The van der Waals surface area contributed by atoms with Crippen molar-refractivity contribution in [3.8, 4) is 0 Å². The van der Waals surface area contributed by atoms with Crippen LogP contribution in [0.1, 0.15) is 20.3 Å². The first-order chi connectivity index (χ1) is 10.4. The van der Waals surface area contributed by atoms with Gasteiger partial charge in [0.2, 0.25) is 5.91 Å². The Morgan fingerprint density at radius 2 is 1.82 bits per heavy atom. The standard InChI is InChI=1S/C14H23N3O5/c1-14(2,21-9-6-15)22-10-7-16-11(18)5-8-17-12(19)3-4-13(17)20/h3-4H,5-10,15H2,1-2H3,(H,16,18). The van der Waals surface area contributed by atoms with Crippen LogP contribution in [0.25, 0.3) is 0 Å². The molecule has 0 aromatic carbocycles. The molecule has 3 amide bonds. The zero-order valence-corrected chi connectivity index (χ0v) is 13.0. The van der Waals surface area contributed by atoms with Crippen molar-refractivity contribution in [2.75, 3.05) is 32.8 Å².